The van der Waals surface area contributed by atoms with Gasteiger partial charge in [-0.15, -0.1) is 0 Å². The zero-order valence-corrected chi connectivity index (χ0v) is 14.6. The maximum Gasteiger partial charge on any atom is 0.329 e. The molecule has 25 heavy (non-hydrogen) atoms. The van der Waals surface area contributed by atoms with Gasteiger partial charge in [0.2, 0.25) is 5.91 Å². The van der Waals surface area contributed by atoms with E-state index in [0.717, 1.165) is 11.8 Å². The first kappa shape index (κ1) is 17.0. The second-order valence-electron chi connectivity index (χ2n) is 5.73. The minimum atomic E-state index is -3.48. The van der Waals surface area contributed by atoms with E-state index in [9.17, 15) is 18.0 Å². The van der Waals surface area contributed by atoms with E-state index in [4.69, 9.17) is 0 Å². The number of fused-ring (bicyclic) bond motifs is 1. The number of rotatable bonds is 4. The predicted octanol–water partition coefficient (Wildman–Crippen LogP) is 1.38. The van der Waals surface area contributed by atoms with E-state index in [1.807, 2.05) is 6.07 Å². The summed E-state index contributed by atoms with van der Waals surface area (Å²) in [6, 6.07) is 13.3. The summed E-state index contributed by atoms with van der Waals surface area (Å²) in [5, 5.41) is 2.58. The zero-order chi connectivity index (χ0) is 18.2. The first-order valence-corrected chi connectivity index (χ1v) is 9.41. The second-order valence-corrected chi connectivity index (χ2v) is 7.72. The standard InChI is InChI=1S/C17H17N3O4S/c1-19-13-8-4-5-9-14(13)20(17(19)22)11-16(21)18-12-7-3-6-10-15(12)25(2,23)24/h3-10H,11H2,1-2H3,(H,18,21). The fraction of sp³-hybridized carbons (Fsp3) is 0.176. The molecule has 1 N–H and O–H groups in total. The van der Waals surface area contributed by atoms with Crippen LogP contribution in [0.1, 0.15) is 0 Å². The first-order chi connectivity index (χ1) is 11.8. The highest BCUT2D eigenvalue weighted by molar-refractivity contribution is 7.90. The molecule has 0 fully saturated rings. The highest BCUT2D eigenvalue weighted by Gasteiger charge is 2.17. The van der Waals surface area contributed by atoms with Gasteiger partial charge in [0.15, 0.2) is 9.84 Å². The Morgan fingerprint density at radius 1 is 1.04 bits per heavy atom. The molecule has 0 atom stereocenters. The molecule has 8 heteroatoms. The molecule has 0 saturated carbocycles. The topological polar surface area (TPSA) is 90.2 Å². The number of imidazole rings is 1. The van der Waals surface area contributed by atoms with Crippen LogP contribution >= 0.6 is 0 Å². The van der Waals surface area contributed by atoms with E-state index in [1.54, 1.807) is 37.4 Å². The SMILES string of the molecule is Cn1c(=O)n(CC(=O)Nc2ccccc2S(C)(=O)=O)c2ccccc21. The minimum Gasteiger partial charge on any atom is -0.323 e. The van der Waals surface area contributed by atoms with Crippen molar-refractivity contribution in [3.63, 3.8) is 0 Å². The number of nitrogens with one attached hydrogen (secondary N) is 1. The summed E-state index contributed by atoms with van der Waals surface area (Å²) in [5.41, 5.74) is 1.24. The number of aromatic nitrogens is 2. The van der Waals surface area contributed by atoms with E-state index < -0.39 is 15.7 Å². The third kappa shape index (κ3) is 3.20. The zero-order valence-electron chi connectivity index (χ0n) is 13.8. The number of carbonyl (C=O) groups is 1. The molecule has 0 radical (unpaired) electrons. The fourth-order valence-electron chi connectivity index (χ4n) is 2.74. The van der Waals surface area contributed by atoms with Crippen molar-refractivity contribution in [2.45, 2.75) is 11.4 Å². The smallest absolute Gasteiger partial charge is 0.323 e. The number of nitrogens with zero attached hydrogens (tertiary/aromatic N) is 2. The van der Waals surface area contributed by atoms with E-state index >= 15 is 0 Å². The number of benzene rings is 2. The lowest BCUT2D eigenvalue weighted by atomic mass is 10.3. The van der Waals surface area contributed by atoms with Gasteiger partial charge in [-0.2, -0.15) is 0 Å². The van der Waals surface area contributed by atoms with Crippen molar-refractivity contribution < 1.29 is 13.2 Å². The Morgan fingerprint density at radius 3 is 2.32 bits per heavy atom. The van der Waals surface area contributed by atoms with Crippen LogP contribution in [0.2, 0.25) is 0 Å². The van der Waals surface area contributed by atoms with Crippen molar-refractivity contribution in [2.24, 2.45) is 7.05 Å². The van der Waals surface area contributed by atoms with Crippen molar-refractivity contribution in [3.05, 3.63) is 59.0 Å². The Bertz CT molecular complexity index is 1130. The van der Waals surface area contributed by atoms with Crippen LogP contribution in [-0.2, 0) is 28.2 Å². The van der Waals surface area contributed by atoms with Gasteiger partial charge in [0.1, 0.15) is 6.54 Å². The van der Waals surface area contributed by atoms with Crippen LogP contribution in [0.3, 0.4) is 0 Å². The van der Waals surface area contributed by atoms with Crippen molar-refractivity contribution >= 4 is 32.5 Å². The van der Waals surface area contributed by atoms with Gasteiger partial charge in [0.25, 0.3) is 0 Å². The lowest BCUT2D eigenvalue weighted by molar-refractivity contribution is -0.116. The molecule has 3 aromatic rings. The number of sulfone groups is 1. The van der Waals surface area contributed by atoms with Gasteiger partial charge in [-0.25, -0.2) is 13.2 Å². The summed E-state index contributed by atoms with van der Waals surface area (Å²) in [7, 11) is -1.84. The van der Waals surface area contributed by atoms with E-state index in [1.165, 1.54) is 21.3 Å². The average Bonchev–Trinajstić information content (AvgIpc) is 2.80. The molecule has 0 aliphatic heterocycles. The summed E-state index contributed by atoms with van der Waals surface area (Å²) in [6.45, 7) is -0.210. The van der Waals surface area contributed by atoms with Crippen LogP contribution in [0.5, 0.6) is 0 Å². The summed E-state index contributed by atoms with van der Waals surface area (Å²) < 4.78 is 26.5. The highest BCUT2D eigenvalue weighted by atomic mass is 32.2. The van der Waals surface area contributed by atoms with Crippen molar-refractivity contribution in [1.29, 1.82) is 0 Å². The molecule has 0 saturated heterocycles. The molecule has 7 nitrogen and oxygen atoms in total. The Kier molecular flexibility index (Phi) is 4.22. The van der Waals surface area contributed by atoms with E-state index in [0.29, 0.717) is 5.52 Å². The quantitative estimate of drug-likeness (QED) is 0.762. The van der Waals surface area contributed by atoms with Gasteiger partial charge < -0.3 is 5.32 Å². The van der Waals surface area contributed by atoms with Crippen molar-refractivity contribution in [1.82, 2.24) is 9.13 Å². The monoisotopic (exact) mass is 359 g/mol. The summed E-state index contributed by atoms with van der Waals surface area (Å²) in [5.74, 6) is -0.477. The van der Waals surface area contributed by atoms with Gasteiger partial charge >= 0.3 is 5.69 Å². The number of anilines is 1. The van der Waals surface area contributed by atoms with Crippen LogP contribution < -0.4 is 11.0 Å². The first-order valence-electron chi connectivity index (χ1n) is 7.52. The Hall–Kier alpha value is -2.87. The molecule has 0 bridgehead atoms. The molecule has 1 aromatic heterocycles. The predicted molar refractivity (Wildman–Crippen MR) is 95.4 cm³/mol. The number of para-hydroxylation sites is 3. The average molecular weight is 359 g/mol. The molecule has 0 spiro atoms. The molecule has 0 aliphatic rings. The molecule has 2 aromatic carbocycles. The molecule has 1 heterocycles. The molecule has 0 aliphatic carbocycles. The Balaban J connectivity index is 1.93. The highest BCUT2D eigenvalue weighted by Crippen LogP contribution is 2.20. The van der Waals surface area contributed by atoms with Gasteiger partial charge in [-0.3, -0.25) is 13.9 Å². The van der Waals surface area contributed by atoms with Crippen molar-refractivity contribution in [3.8, 4) is 0 Å². The lowest BCUT2D eigenvalue weighted by Gasteiger charge is -2.10. The van der Waals surface area contributed by atoms with Crippen LogP contribution in [0.4, 0.5) is 5.69 Å². The minimum absolute atomic E-state index is 0.0358. The molecule has 130 valence electrons. The van der Waals surface area contributed by atoms with Gasteiger partial charge in [-0.05, 0) is 24.3 Å². The number of hydrogen-bond donors (Lipinski definition) is 1. The maximum atomic E-state index is 12.4. The number of aryl methyl sites for hydroxylation is 1. The molecule has 1 amide bonds. The third-order valence-electron chi connectivity index (χ3n) is 3.91. The molecular weight excluding hydrogens is 342 g/mol. The number of amides is 1. The fourth-order valence-corrected chi connectivity index (χ4v) is 3.59. The third-order valence-corrected chi connectivity index (χ3v) is 5.07. The molecule has 3 rings (SSSR count). The van der Waals surface area contributed by atoms with Crippen LogP contribution in [-0.4, -0.2) is 29.7 Å². The van der Waals surface area contributed by atoms with Crippen LogP contribution in [0.25, 0.3) is 11.0 Å². The second kappa shape index (κ2) is 6.21. The van der Waals surface area contributed by atoms with E-state index in [-0.39, 0.29) is 22.8 Å². The number of hydrogen-bond acceptors (Lipinski definition) is 4. The largest absolute Gasteiger partial charge is 0.329 e. The summed E-state index contributed by atoms with van der Waals surface area (Å²) in [4.78, 5) is 24.8. The van der Waals surface area contributed by atoms with Gasteiger partial charge in [-0.1, -0.05) is 24.3 Å². The van der Waals surface area contributed by atoms with Gasteiger partial charge in [0.05, 0.1) is 21.6 Å². The maximum absolute atomic E-state index is 12.4. The Morgan fingerprint density at radius 2 is 1.64 bits per heavy atom. The Labute approximate surface area is 144 Å². The van der Waals surface area contributed by atoms with Crippen LogP contribution in [0.15, 0.2) is 58.2 Å². The summed E-state index contributed by atoms with van der Waals surface area (Å²) in [6.07, 6.45) is 1.08. The lowest BCUT2D eigenvalue weighted by Crippen LogP contribution is -2.28. The van der Waals surface area contributed by atoms with Crippen LogP contribution in [0, 0.1) is 0 Å². The van der Waals surface area contributed by atoms with E-state index in [2.05, 4.69) is 5.32 Å². The normalized spacial score (nSPS) is 11.6. The van der Waals surface area contributed by atoms with Crippen molar-refractivity contribution in [2.75, 3.05) is 11.6 Å². The number of carbonyl (C=O) groups excluding carboxylic acids is 1. The molecular formula is C17H17N3O4S. The van der Waals surface area contributed by atoms with Gasteiger partial charge in [0, 0.05) is 13.3 Å². The summed E-state index contributed by atoms with van der Waals surface area (Å²) >= 11 is 0. The molecule has 0 unspecified atom stereocenters.